The summed E-state index contributed by atoms with van der Waals surface area (Å²) in [6.45, 7) is 0.424. The van der Waals surface area contributed by atoms with Gasteiger partial charge in [-0.15, -0.1) is 0 Å². The van der Waals surface area contributed by atoms with E-state index in [-0.39, 0.29) is 5.91 Å². The summed E-state index contributed by atoms with van der Waals surface area (Å²) in [5.74, 6) is 1.08. The molecule has 2 aliphatic carbocycles. The van der Waals surface area contributed by atoms with Crippen LogP contribution in [0.1, 0.15) is 25.7 Å². The summed E-state index contributed by atoms with van der Waals surface area (Å²) in [4.78, 5) is 16.5. The van der Waals surface area contributed by atoms with Gasteiger partial charge in [-0.3, -0.25) is 10.1 Å². The van der Waals surface area contributed by atoms with Crippen molar-refractivity contribution in [2.24, 2.45) is 10.9 Å². The van der Waals surface area contributed by atoms with Crippen LogP contribution in [0.25, 0.3) is 0 Å². The highest BCUT2D eigenvalue weighted by Crippen LogP contribution is 2.41. The molecule has 88 valence electrons. The molecule has 1 aliphatic heterocycles. The molecule has 5 heteroatoms. The maximum Gasteiger partial charge on any atom is 0.255 e. The minimum Gasteiger partial charge on any atom is -0.382 e. The van der Waals surface area contributed by atoms with Gasteiger partial charge in [0.1, 0.15) is 5.54 Å². The fraction of sp³-hybridized carbons (Fsp3) is 0.818. The molecule has 0 aromatic heterocycles. The fourth-order valence-electron chi connectivity index (χ4n) is 2.28. The van der Waals surface area contributed by atoms with Crippen LogP contribution < -0.4 is 10.6 Å². The molecule has 1 amide bonds. The third-order valence-corrected chi connectivity index (χ3v) is 3.48. The summed E-state index contributed by atoms with van der Waals surface area (Å²) in [5, 5.41) is 6.10. The minimum absolute atomic E-state index is 0.0243. The van der Waals surface area contributed by atoms with E-state index in [0.29, 0.717) is 24.5 Å². The number of amides is 1. The van der Waals surface area contributed by atoms with Crippen molar-refractivity contribution in [1.29, 1.82) is 0 Å². The highest BCUT2D eigenvalue weighted by Gasteiger charge is 2.55. The van der Waals surface area contributed by atoms with Crippen molar-refractivity contribution in [3.8, 4) is 0 Å². The highest BCUT2D eigenvalue weighted by molar-refractivity contribution is 6.09. The number of nitrogens with zero attached hydrogens (tertiary/aromatic N) is 1. The van der Waals surface area contributed by atoms with Gasteiger partial charge in [-0.05, 0) is 31.6 Å². The highest BCUT2D eigenvalue weighted by atomic mass is 16.5. The molecule has 3 aliphatic rings. The average Bonchev–Trinajstić information content (AvgIpc) is 3.11. The van der Waals surface area contributed by atoms with Gasteiger partial charge in [0.25, 0.3) is 5.91 Å². The summed E-state index contributed by atoms with van der Waals surface area (Å²) in [5.41, 5.74) is -0.553. The number of carbonyl (C=O) groups is 1. The van der Waals surface area contributed by atoms with Gasteiger partial charge in [0.15, 0.2) is 5.96 Å². The Morgan fingerprint density at radius 2 is 2.19 bits per heavy atom. The molecule has 2 saturated carbocycles. The largest absolute Gasteiger partial charge is 0.382 e. The first-order valence-corrected chi connectivity index (χ1v) is 5.91. The second-order valence-electron chi connectivity index (χ2n) is 4.97. The van der Waals surface area contributed by atoms with Crippen LogP contribution in [0.2, 0.25) is 0 Å². The van der Waals surface area contributed by atoms with Crippen LogP contribution in [0.5, 0.6) is 0 Å². The number of nitrogens with one attached hydrogen (secondary N) is 2. The van der Waals surface area contributed by atoms with E-state index in [0.717, 1.165) is 25.7 Å². The maximum absolute atomic E-state index is 12.0. The Morgan fingerprint density at radius 1 is 1.44 bits per heavy atom. The number of guanidine groups is 1. The number of rotatable bonds is 4. The zero-order chi connectivity index (χ0) is 11.2. The topological polar surface area (TPSA) is 62.7 Å². The number of ether oxygens (including phenoxy) is 1. The Kier molecular flexibility index (Phi) is 2.17. The standard InChI is InChI=1S/C11H17N3O2/c1-16-6-11(7-2-3-7)9(15)13-10(14-11)12-8-4-5-8/h7-8H,2-6H2,1H3,(H2,12,13,14,15). The first kappa shape index (κ1) is 10.1. The molecule has 3 rings (SSSR count). The van der Waals surface area contributed by atoms with Crippen LogP contribution in [-0.4, -0.2) is 37.2 Å². The lowest BCUT2D eigenvalue weighted by atomic mass is 9.95. The third kappa shape index (κ3) is 1.59. The lowest BCUT2D eigenvalue weighted by Gasteiger charge is -2.25. The average molecular weight is 223 g/mol. The van der Waals surface area contributed by atoms with Gasteiger partial charge in [-0.1, -0.05) is 0 Å². The Hall–Kier alpha value is -1.10. The van der Waals surface area contributed by atoms with Gasteiger partial charge in [-0.25, -0.2) is 4.99 Å². The fourth-order valence-corrected chi connectivity index (χ4v) is 2.28. The Labute approximate surface area is 94.6 Å². The lowest BCUT2D eigenvalue weighted by molar-refractivity contribution is -0.126. The van der Waals surface area contributed by atoms with E-state index in [1.165, 1.54) is 0 Å². The molecule has 0 aromatic rings. The molecule has 2 N–H and O–H groups in total. The Bertz CT molecular complexity index is 347. The molecule has 1 saturated heterocycles. The van der Waals surface area contributed by atoms with Gasteiger partial charge >= 0.3 is 0 Å². The third-order valence-electron chi connectivity index (χ3n) is 3.48. The van der Waals surface area contributed by atoms with Gasteiger partial charge in [-0.2, -0.15) is 0 Å². The number of aliphatic imine (C=N–C) groups is 1. The number of methoxy groups -OCH3 is 1. The molecule has 0 bridgehead atoms. The van der Waals surface area contributed by atoms with Crippen molar-refractivity contribution in [3.63, 3.8) is 0 Å². The van der Waals surface area contributed by atoms with Crippen molar-refractivity contribution < 1.29 is 9.53 Å². The molecule has 16 heavy (non-hydrogen) atoms. The molecule has 0 spiro atoms. The van der Waals surface area contributed by atoms with E-state index in [1.807, 2.05) is 0 Å². The van der Waals surface area contributed by atoms with E-state index >= 15 is 0 Å². The molecular formula is C11H17N3O2. The normalized spacial score (nSPS) is 36.3. The number of hydrogen-bond donors (Lipinski definition) is 2. The van der Waals surface area contributed by atoms with Crippen molar-refractivity contribution in [3.05, 3.63) is 0 Å². The molecule has 1 heterocycles. The second-order valence-corrected chi connectivity index (χ2v) is 4.97. The first-order valence-electron chi connectivity index (χ1n) is 5.91. The molecule has 1 unspecified atom stereocenters. The zero-order valence-electron chi connectivity index (χ0n) is 9.45. The summed E-state index contributed by atoms with van der Waals surface area (Å²) in [6, 6.07) is 0.417. The van der Waals surface area contributed by atoms with Crippen molar-refractivity contribution >= 4 is 11.9 Å². The molecule has 3 fully saturated rings. The van der Waals surface area contributed by atoms with Crippen LogP contribution >= 0.6 is 0 Å². The smallest absolute Gasteiger partial charge is 0.255 e. The zero-order valence-corrected chi connectivity index (χ0v) is 9.45. The first-order chi connectivity index (χ1) is 7.74. The van der Waals surface area contributed by atoms with E-state index in [9.17, 15) is 4.79 Å². The van der Waals surface area contributed by atoms with E-state index in [1.54, 1.807) is 7.11 Å². The second kappa shape index (κ2) is 3.45. The van der Waals surface area contributed by atoms with E-state index in [2.05, 4.69) is 15.6 Å². The molecule has 0 aromatic carbocycles. The Balaban J connectivity index is 1.80. The van der Waals surface area contributed by atoms with Gasteiger partial charge in [0, 0.05) is 7.11 Å². The van der Waals surface area contributed by atoms with Crippen LogP contribution in [0.4, 0.5) is 0 Å². The quantitative estimate of drug-likeness (QED) is 0.706. The van der Waals surface area contributed by atoms with Gasteiger partial charge in [0.2, 0.25) is 0 Å². The van der Waals surface area contributed by atoms with E-state index in [4.69, 9.17) is 4.74 Å². The van der Waals surface area contributed by atoms with Crippen LogP contribution in [0, 0.1) is 5.92 Å². The van der Waals surface area contributed by atoms with Crippen LogP contribution in [0.3, 0.4) is 0 Å². The predicted octanol–water partition coefficient (Wildman–Crippen LogP) is 0.0194. The Morgan fingerprint density at radius 3 is 2.75 bits per heavy atom. The van der Waals surface area contributed by atoms with Gasteiger partial charge in [0.05, 0.1) is 12.6 Å². The van der Waals surface area contributed by atoms with E-state index < -0.39 is 5.54 Å². The number of hydrogen-bond acceptors (Lipinski definition) is 3. The summed E-state index contributed by atoms with van der Waals surface area (Å²) < 4.78 is 5.19. The lowest BCUT2D eigenvalue weighted by Crippen LogP contribution is -2.52. The summed E-state index contributed by atoms with van der Waals surface area (Å²) in [7, 11) is 1.63. The molecular weight excluding hydrogens is 206 g/mol. The SMILES string of the molecule is COCC1(C2CC2)NC(=NC2CC2)NC1=O. The molecule has 5 nitrogen and oxygen atoms in total. The van der Waals surface area contributed by atoms with Crippen molar-refractivity contribution in [2.75, 3.05) is 13.7 Å². The van der Waals surface area contributed by atoms with Crippen LogP contribution in [0.15, 0.2) is 4.99 Å². The molecule has 0 radical (unpaired) electrons. The monoisotopic (exact) mass is 223 g/mol. The van der Waals surface area contributed by atoms with Crippen LogP contribution in [-0.2, 0) is 9.53 Å². The summed E-state index contributed by atoms with van der Waals surface area (Å²) >= 11 is 0. The summed E-state index contributed by atoms with van der Waals surface area (Å²) in [6.07, 6.45) is 4.48. The predicted molar refractivity (Wildman–Crippen MR) is 59.1 cm³/mol. The minimum atomic E-state index is -0.553. The van der Waals surface area contributed by atoms with Crippen molar-refractivity contribution in [2.45, 2.75) is 37.3 Å². The maximum atomic E-state index is 12.0. The van der Waals surface area contributed by atoms with Crippen molar-refractivity contribution in [1.82, 2.24) is 10.6 Å². The van der Waals surface area contributed by atoms with Gasteiger partial charge < -0.3 is 10.1 Å². The number of carbonyl (C=O) groups excluding carboxylic acids is 1. The molecule has 1 atom stereocenters.